The second-order valence-electron chi connectivity index (χ2n) is 7.88. The standard InChI is InChI=1S/C18H28N4O2S/c1-21(25(23,24)16-5-6-16)12-14-7-9-22(10-8-14)18-11-17(19-13-20-18)15-3-2-4-15/h11,13-16H,2-10,12H2,1H3. The van der Waals surface area contributed by atoms with Crippen molar-refractivity contribution in [3.8, 4) is 0 Å². The number of rotatable bonds is 6. The highest BCUT2D eigenvalue weighted by molar-refractivity contribution is 7.90. The van der Waals surface area contributed by atoms with Crippen LogP contribution < -0.4 is 4.90 Å². The van der Waals surface area contributed by atoms with Gasteiger partial charge in [0, 0.05) is 44.4 Å². The van der Waals surface area contributed by atoms with Gasteiger partial charge < -0.3 is 4.90 Å². The van der Waals surface area contributed by atoms with Gasteiger partial charge in [-0.1, -0.05) is 6.42 Å². The number of piperidine rings is 1. The summed E-state index contributed by atoms with van der Waals surface area (Å²) in [5.41, 5.74) is 1.19. The largest absolute Gasteiger partial charge is 0.356 e. The van der Waals surface area contributed by atoms with Gasteiger partial charge in [0.2, 0.25) is 10.0 Å². The minimum Gasteiger partial charge on any atom is -0.356 e. The molecule has 0 radical (unpaired) electrons. The third-order valence-corrected chi connectivity index (χ3v) is 8.36. The topological polar surface area (TPSA) is 66.4 Å². The van der Waals surface area contributed by atoms with Crippen LogP contribution in [0.2, 0.25) is 0 Å². The van der Waals surface area contributed by atoms with Crippen LogP contribution in [0, 0.1) is 5.92 Å². The maximum atomic E-state index is 12.3. The van der Waals surface area contributed by atoms with Crippen molar-refractivity contribution in [3.05, 3.63) is 18.1 Å². The van der Waals surface area contributed by atoms with Crippen LogP contribution >= 0.6 is 0 Å². The summed E-state index contributed by atoms with van der Waals surface area (Å²) in [6.45, 7) is 2.55. The van der Waals surface area contributed by atoms with Crippen molar-refractivity contribution >= 4 is 15.8 Å². The minimum atomic E-state index is -3.04. The zero-order valence-electron chi connectivity index (χ0n) is 15.0. The molecule has 1 aromatic heterocycles. The first-order valence-electron chi connectivity index (χ1n) is 9.56. The molecule has 2 aliphatic carbocycles. The normalized spacial score (nSPS) is 23.0. The summed E-state index contributed by atoms with van der Waals surface area (Å²) >= 11 is 0. The summed E-state index contributed by atoms with van der Waals surface area (Å²) in [5, 5.41) is -0.108. The van der Waals surface area contributed by atoms with Gasteiger partial charge in [0.05, 0.1) is 5.25 Å². The quantitative estimate of drug-likeness (QED) is 0.775. The number of aromatic nitrogens is 2. The molecule has 25 heavy (non-hydrogen) atoms. The van der Waals surface area contributed by atoms with Gasteiger partial charge in [0.15, 0.2) is 0 Å². The van der Waals surface area contributed by atoms with Gasteiger partial charge in [-0.2, -0.15) is 0 Å². The summed E-state index contributed by atoms with van der Waals surface area (Å²) in [6, 6.07) is 2.16. The lowest BCUT2D eigenvalue weighted by atomic mass is 9.83. The molecule has 0 amide bonds. The second-order valence-corrected chi connectivity index (χ2v) is 10.2. The first-order chi connectivity index (χ1) is 12.0. The van der Waals surface area contributed by atoms with Crippen molar-refractivity contribution in [1.29, 1.82) is 0 Å². The lowest BCUT2D eigenvalue weighted by molar-refractivity contribution is 0.327. The highest BCUT2D eigenvalue weighted by Crippen LogP contribution is 2.36. The molecule has 0 spiro atoms. The fourth-order valence-corrected chi connectivity index (χ4v) is 5.55. The van der Waals surface area contributed by atoms with Crippen LogP contribution in [-0.4, -0.2) is 54.6 Å². The van der Waals surface area contributed by atoms with Gasteiger partial charge >= 0.3 is 0 Å². The zero-order chi connectivity index (χ0) is 17.4. The molecule has 0 atom stereocenters. The maximum absolute atomic E-state index is 12.3. The summed E-state index contributed by atoms with van der Waals surface area (Å²) in [6.07, 6.45) is 9.23. The predicted molar refractivity (Wildman–Crippen MR) is 98.1 cm³/mol. The molecule has 0 bridgehead atoms. The Hall–Kier alpha value is -1.21. The Morgan fingerprint density at radius 3 is 2.44 bits per heavy atom. The summed E-state index contributed by atoms with van der Waals surface area (Å²) in [5.74, 6) is 2.11. The van der Waals surface area contributed by atoms with Crippen LogP contribution in [-0.2, 0) is 10.0 Å². The van der Waals surface area contributed by atoms with Crippen LogP contribution in [0.5, 0.6) is 0 Å². The van der Waals surface area contributed by atoms with E-state index in [-0.39, 0.29) is 5.25 Å². The van der Waals surface area contributed by atoms with Gasteiger partial charge in [0.25, 0.3) is 0 Å². The van der Waals surface area contributed by atoms with Gasteiger partial charge in [-0.15, -0.1) is 0 Å². The van der Waals surface area contributed by atoms with Gasteiger partial charge in [-0.3, -0.25) is 0 Å². The van der Waals surface area contributed by atoms with Crippen LogP contribution in [0.25, 0.3) is 0 Å². The zero-order valence-corrected chi connectivity index (χ0v) is 15.8. The van der Waals surface area contributed by atoms with Crippen LogP contribution in [0.15, 0.2) is 12.4 Å². The Labute approximate surface area is 150 Å². The molecule has 0 aromatic carbocycles. The van der Waals surface area contributed by atoms with E-state index in [2.05, 4.69) is 20.9 Å². The fraction of sp³-hybridized carbons (Fsp3) is 0.778. The van der Waals surface area contributed by atoms with Crippen molar-refractivity contribution in [3.63, 3.8) is 0 Å². The Kier molecular flexibility index (Phi) is 4.71. The van der Waals surface area contributed by atoms with E-state index in [4.69, 9.17) is 0 Å². The molecule has 1 aromatic rings. The molecule has 0 unspecified atom stereocenters. The highest BCUT2D eigenvalue weighted by Gasteiger charge is 2.39. The second kappa shape index (κ2) is 6.83. The van der Waals surface area contributed by atoms with Gasteiger partial charge in [-0.25, -0.2) is 22.7 Å². The summed E-state index contributed by atoms with van der Waals surface area (Å²) in [4.78, 5) is 11.2. The van der Waals surface area contributed by atoms with E-state index >= 15 is 0 Å². The summed E-state index contributed by atoms with van der Waals surface area (Å²) in [7, 11) is -1.30. The molecule has 3 aliphatic rings. The number of sulfonamides is 1. The van der Waals surface area contributed by atoms with Crippen LogP contribution in [0.3, 0.4) is 0 Å². The van der Waals surface area contributed by atoms with Crippen LogP contribution in [0.4, 0.5) is 5.82 Å². The van der Waals surface area contributed by atoms with E-state index < -0.39 is 10.0 Å². The molecule has 2 heterocycles. The van der Waals surface area contributed by atoms with E-state index in [9.17, 15) is 8.42 Å². The first kappa shape index (κ1) is 17.2. The third kappa shape index (κ3) is 3.67. The molecule has 0 N–H and O–H groups in total. The molecular formula is C18H28N4O2S. The number of nitrogens with zero attached hydrogens (tertiary/aromatic N) is 4. The molecule has 138 valence electrons. The monoisotopic (exact) mass is 364 g/mol. The summed E-state index contributed by atoms with van der Waals surface area (Å²) < 4.78 is 26.2. The fourth-order valence-electron chi connectivity index (χ4n) is 3.89. The molecular weight excluding hydrogens is 336 g/mol. The first-order valence-corrected chi connectivity index (χ1v) is 11.1. The number of hydrogen-bond acceptors (Lipinski definition) is 5. The third-order valence-electron chi connectivity index (χ3n) is 6.03. The Morgan fingerprint density at radius 2 is 1.84 bits per heavy atom. The van der Waals surface area contributed by atoms with E-state index in [1.165, 1.54) is 25.0 Å². The average molecular weight is 365 g/mol. The molecule has 1 saturated heterocycles. The van der Waals surface area contributed by atoms with Gasteiger partial charge in [-0.05, 0) is 44.4 Å². The Morgan fingerprint density at radius 1 is 1.12 bits per heavy atom. The minimum absolute atomic E-state index is 0.108. The lowest BCUT2D eigenvalue weighted by Gasteiger charge is -2.35. The highest BCUT2D eigenvalue weighted by atomic mass is 32.2. The molecule has 2 saturated carbocycles. The molecule has 6 nitrogen and oxygen atoms in total. The van der Waals surface area contributed by atoms with Crippen LogP contribution in [0.1, 0.15) is 56.6 Å². The smallest absolute Gasteiger partial charge is 0.216 e. The van der Waals surface area contributed by atoms with E-state index in [0.29, 0.717) is 18.4 Å². The number of hydrogen-bond donors (Lipinski definition) is 0. The van der Waals surface area contributed by atoms with Crippen molar-refractivity contribution in [1.82, 2.24) is 14.3 Å². The van der Waals surface area contributed by atoms with E-state index in [0.717, 1.165) is 44.6 Å². The van der Waals surface area contributed by atoms with E-state index in [1.807, 2.05) is 0 Å². The SMILES string of the molecule is CN(CC1CCN(c2cc(C3CCC3)ncn2)CC1)S(=O)(=O)C1CC1. The Balaban J connectivity index is 1.32. The lowest BCUT2D eigenvalue weighted by Crippen LogP contribution is -2.40. The molecule has 7 heteroatoms. The van der Waals surface area contributed by atoms with Crippen molar-refractivity contribution in [2.24, 2.45) is 5.92 Å². The van der Waals surface area contributed by atoms with Crippen molar-refractivity contribution < 1.29 is 8.42 Å². The molecule has 4 rings (SSSR count). The average Bonchev–Trinajstić information content (AvgIpc) is 3.39. The number of anilines is 1. The van der Waals surface area contributed by atoms with Crippen molar-refractivity contribution in [2.45, 2.75) is 56.1 Å². The Bertz CT molecular complexity index is 708. The molecule has 3 fully saturated rings. The predicted octanol–water partition coefficient (Wildman–Crippen LogP) is 2.38. The molecule has 1 aliphatic heterocycles. The van der Waals surface area contributed by atoms with Gasteiger partial charge in [0.1, 0.15) is 12.1 Å². The van der Waals surface area contributed by atoms with E-state index in [1.54, 1.807) is 17.7 Å². The maximum Gasteiger partial charge on any atom is 0.216 e. The van der Waals surface area contributed by atoms with Crippen molar-refractivity contribution in [2.75, 3.05) is 31.6 Å².